The Balaban J connectivity index is 2.36. The Morgan fingerprint density at radius 1 is 1.15 bits per heavy atom. The van der Waals surface area contributed by atoms with Gasteiger partial charge in [-0.05, 0) is 42.2 Å². The Bertz CT molecular complexity index is 570. The van der Waals surface area contributed by atoms with Crippen LogP contribution in [0.1, 0.15) is 30.9 Å². The largest absolute Gasteiger partial charge is 0.321 e. The van der Waals surface area contributed by atoms with Crippen LogP contribution in [-0.2, 0) is 12.0 Å². The summed E-state index contributed by atoms with van der Waals surface area (Å²) in [6.07, 6.45) is 2.28. The summed E-state index contributed by atoms with van der Waals surface area (Å²) >= 11 is 3.39. The van der Waals surface area contributed by atoms with Crippen LogP contribution in [0.15, 0.2) is 53.0 Å². The molecule has 0 bridgehead atoms. The third kappa shape index (κ3) is 3.47. The minimum atomic E-state index is -0.530. The standard InChI is InChI=1S/C17H19BrFN/c1-2-10-17(20,14-6-4-3-5-7-14)12-13-11-15(18)8-9-16(13)19/h3-9,11H,2,10,12,20H2,1H3. The van der Waals surface area contributed by atoms with Crippen LogP contribution in [0.3, 0.4) is 0 Å². The molecule has 20 heavy (non-hydrogen) atoms. The maximum Gasteiger partial charge on any atom is 0.126 e. The number of benzene rings is 2. The molecule has 1 atom stereocenters. The van der Waals surface area contributed by atoms with E-state index in [2.05, 4.69) is 22.9 Å². The van der Waals surface area contributed by atoms with Gasteiger partial charge in [-0.3, -0.25) is 0 Å². The van der Waals surface area contributed by atoms with Gasteiger partial charge in [0.25, 0.3) is 0 Å². The van der Waals surface area contributed by atoms with Crippen LogP contribution >= 0.6 is 15.9 Å². The molecule has 0 radical (unpaired) electrons. The van der Waals surface area contributed by atoms with Crippen molar-refractivity contribution in [3.63, 3.8) is 0 Å². The molecule has 0 saturated heterocycles. The molecule has 0 aliphatic heterocycles. The van der Waals surface area contributed by atoms with Gasteiger partial charge in [-0.2, -0.15) is 0 Å². The fourth-order valence-corrected chi connectivity index (χ4v) is 2.98. The molecule has 0 aromatic heterocycles. The predicted octanol–water partition coefficient (Wildman–Crippen LogP) is 4.79. The van der Waals surface area contributed by atoms with E-state index in [0.29, 0.717) is 12.0 Å². The molecule has 0 amide bonds. The molecule has 0 aliphatic rings. The molecule has 0 aliphatic carbocycles. The maximum atomic E-state index is 14.0. The molecule has 0 spiro atoms. The van der Waals surface area contributed by atoms with Crippen molar-refractivity contribution >= 4 is 15.9 Å². The van der Waals surface area contributed by atoms with Gasteiger partial charge in [-0.1, -0.05) is 59.6 Å². The summed E-state index contributed by atoms with van der Waals surface area (Å²) < 4.78 is 14.9. The normalized spacial score (nSPS) is 14.0. The van der Waals surface area contributed by atoms with Crippen LogP contribution in [0.5, 0.6) is 0 Å². The third-order valence-corrected chi connectivity index (χ3v) is 4.05. The van der Waals surface area contributed by atoms with Crippen LogP contribution in [0.2, 0.25) is 0 Å². The maximum absolute atomic E-state index is 14.0. The number of hydrogen-bond donors (Lipinski definition) is 1. The van der Waals surface area contributed by atoms with E-state index in [0.717, 1.165) is 22.9 Å². The van der Waals surface area contributed by atoms with E-state index in [1.165, 1.54) is 6.07 Å². The van der Waals surface area contributed by atoms with E-state index in [9.17, 15) is 4.39 Å². The van der Waals surface area contributed by atoms with Gasteiger partial charge in [-0.25, -0.2) is 4.39 Å². The summed E-state index contributed by atoms with van der Waals surface area (Å²) in [6, 6.07) is 15.0. The molecule has 0 fully saturated rings. The summed E-state index contributed by atoms with van der Waals surface area (Å²) in [4.78, 5) is 0. The van der Waals surface area contributed by atoms with E-state index in [1.807, 2.05) is 36.4 Å². The van der Waals surface area contributed by atoms with Crippen molar-refractivity contribution in [2.24, 2.45) is 5.73 Å². The first-order valence-electron chi connectivity index (χ1n) is 6.83. The average Bonchev–Trinajstić information content (AvgIpc) is 2.44. The zero-order valence-electron chi connectivity index (χ0n) is 11.6. The lowest BCUT2D eigenvalue weighted by Crippen LogP contribution is -2.39. The Hall–Kier alpha value is -1.19. The monoisotopic (exact) mass is 335 g/mol. The Kier molecular flexibility index (Phi) is 4.95. The highest BCUT2D eigenvalue weighted by Gasteiger charge is 2.27. The minimum Gasteiger partial charge on any atom is -0.321 e. The molecule has 2 aromatic rings. The van der Waals surface area contributed by atoms with Gasteiger partial charge in [0.05, 0.1) is 0 Å². The van der Waals surface area contributed by atoms with Gasteiger partial charge < -0.3 is 5.73 Å². The molecule has 0 heterocycles. The smallest absolute Gasteiger partial charge is 0.126 e. The zero-order chi connectivity index (χ0) is 14.6. The first-order valence-corrected chi connectivity index (χ1v) is 7.63. The zero-order valence-corrected chi connectivity index (χ0v) is 13.2. The van der Waals surface area contributed by atoms with Crippen molar-refractivity contribution in [2.75, 3.05) is 0 Å². The first-order chi connectivity index (χ1) is 9.55. The lowest BCUT2D eigenvalue weighted by molar-refractivity contribution is 0.393. The lowest BCUT2D eigenvalue weighted by Gasteiger charge is -2.30. The summed E-state index contributed by atoms with van der Waals surface area (Å²) in [5.74, 6) is -0.199. The number of nitrogens with two attached hydrogens (primary N) is 1. The second-order valence-corrected chi connectivity index (χ2v) is 6.10. The van der Waals surface area contributed by atoms with Crippen LogP contribution in [0.25, 0.3) is 0 Å². The Morgan fingerprint density at radius 2 is 1.85 bits per heavy atom. The molecule has 106 valence electrons. The van der Waals surface area contributed by atoms with Gasteiger partial charge >= 0.3 is 0 Å². The predicted molar refractivity (Wildman–Crippen MR) is 85.0 cm³/mol. The van der Waals surface area contributed by atoms with Crippen molar-refractivity contribution in [2.45, 2.75) is 31.7 Å². The molecular formula is C17H19BrFN. The fourth-order valence-electron chi connectivity index (χ4n) is 2.57. The fraction of sp³-hybridized carbons (Fsp3) is 0.294. The van der Waals surface area contributed by atoms with Gasteiger partial charge in [0, 0.05) is 10.0 Å². The summed E-state index contributed by atoms with van der Waals surface area (Å²) in [5.41, 5.74) is 7.78. The first kappa shape index (κ1) is 15.2. The van der Waals surface area contributed by atoms with E-state index >= 15 is 0 Å². The van der Waals surface area contributed by atoms with Crippen LogP contribution in [0.4, 0.5) is 4.39 Å². The average molecular weight is 336 g/mol. The molecule has 2 N–H and O–H groups in total. The minimum absolute atomic E-state index is 0.199. The van der Waals surface area contributed by atoms with Gasteiger partial charge in [0.1, 0.15) is 5.82 Å². The quantitative estimate of drug-likeness (QED) is 0.835. The summed E-state index contributed by atoms with van der Waals surface area (Å²) in [6.45, 7) is 2.10. The Labute approximate surface area is 128 Å². The van der Waals surface area contributed by atoms with Crippen LogP contribution in [-0.4, -0.2) is 0 Å². The van der Waals surface area contributed by atoms with Crippen molar-refractivity contribution < 1.29 is 4.39 Å². The van der Waals surface area contributed by atoms with Gasteiger partial charge in [-0.15, -0.1) is 0 Å². The SMILES string of the molecule is CCCC(N)(Cc1cc(Br)ccc1F)c1ccccc1. The van der Waals surface area contributed by atoms with E-state index < -0.39 is 5.54 Å². The van der Waals surface area contributed by atoms with Gasteiger partial charge in [0.2, 0.25) is 0 Å². The highest BCUT2D eigenvalue weighted by Crippen LogP contribution is 2.30. The number of rotatable bonds is 5. The molecule has 1 unspecified atom stereocenters. The molecule has 0 saturated carbocycles. The van der Waals surface area contributed by atoms with Crippen molar-refractivity contribution in [3.05, 3.63) is 69.9 Å². The molecular weight excluding hydrogens is 317 g/mol. The topological polar surface area (TPSA) is 26.0 Å². The molecule has 3 heteroatoms. The second-order valence-electron chi connectivity index (χ2n) is 5.18. The van der Waals surface area contributed by atoms with Crippen molar-refractivity contribution in [3.8, 4) is 0 Å². The summed E-state index contributed by atoms with van der Waals surface area (Å²) in [5, 5.41) is 0. The van der Waals surface area contributed by atoms with E-state index in [-0.39, 0.29) is 5.82 Å². The second kappa shape index (κ2) is 6.51. The third-order valence-electron chi connectivity index (χ3n) is 3.56. The van der Waals surface area contributed by atoms with Crippen molar-refractivity contribution in [1.29, 1.82) is 0 Å². The molecule has 2 rings (SSSR count). The van der Waals surface area contributed by atoms with Crippen molar-refractivity contribution in [1.82, 2.24) is 0 Å². The Morgan fingerprint density at radius 3 is 2.50 bits per heavy atom. The number of hydrogen-bond acceptors (Lipinski definition) is 1. The van der Waals surface area contributed by atoms with Crippen LogP contribution in [0, 0.1) is 5.82 Å². The summed E-state index contributed by atoms with van der Waals surface area (Å²) in [7, 11) is 0. The van der Waals surface area contributed by atoms with E-state index in [1.54, 1.807) is 6.07 Å². The highest BCUT2D eigenvalue weighted by molar-refractivity contribution is 9.10. The molecule has 1 nitrogen and oxygen atoms in total. The van der Waals surface area contributed by atoms with Gasteiger partial charge in [0.15, 0.2) is 0 Å². The van der Waals surface area contributed by atoms with Crippen LogP contribution < -0.4 is 5.73 Å². The number of halogens is 2. The molecule has 2 aromatic carbocycles. The van der Waals surface area contributed by atoms with E-state index in [4.69, 9.17) is 5.73 Å². The highest BCUT2D eigenvalue weighted by atomic mass is 79.9. The lowest BCUT2D eigenvalue weighted by atomic mass is 9.81.